The number of aromatic carboxylic acids is 1. The van der Waals surface area contributed by atoms with Crippen molar-refractivity contribution in [1.29, 1.82) is 0 Å². The van der Waals surface area contributed by atoms with Crippen LogP contribution in [0.1, 0.15) is 22.7 Å². The van der Waals surface area contributed by atoms with Crippen LogP contribution in [0.4, 0.5) is 0 Å². The molecule has 2 amide bonds. The summed E-state index contributed by atoms with van der Waals surface area (Å²) < 4.78 is 5.01. The van der Waals surface area contributed by atoms with Crippen LogP contribution in [0.2, 0.25) is 0 Å². The number of hydrogen-bond acceptors (Lipinski definition) is 4. The van der Waals surface area contributed by atoms with Gasteiger partial charge < -0.3 is 19.7 Å². The first kappa shape index (κ1) is 13.1. The number of carbonyl (C=O) groups is 3. The van der Waals surface area contributed by atoms with E-state index in [1.54, 1.807) is 7.05 Å². The van der Waals surface area contributed by atoms with Gasteiger partial charge in [-0.2, -0.15) is 0 Å². The van der Waals surface area contributed by atoms with E-state index < -0.39 is 5.97 Å². The minimum atomic E-state index is -1.15. The minimum Gasteiger partial charge on any atom is -0.475 e. The van der Waals surface area contributed by atoms with Crippen LogP contribution in [0.25, 0.3) is 0 Å². The van der Waals surface area contributed by atoms with Gasteiger partial charge in [0, 0.05) is 20.0 Å². The molecular formula is C12H14N2O5. The Morgan fingerprint density at radius 2 is 2.26 bits per heavy atom. The Morgan fingerprint density at radius 1 is 1.53 bits per heavy atom. The second-order valence-electron chi connectivity index (χ2n) is 4.46. The van der Waals surface area contributed by atoms with Crippen LogP contribution in [0.3, 0.4) is 0 Å². The Morgan fingerprint density at radius 3 is 2.79 bits per heavy atom. The van der Waals surface area contributed by atoms with E-state index in [1.807, 2.05) is 0 Å². The second-order valence-corrected chi connectivity index (χ2v) is 4.46. The average Bonchev–Trinajstić information content (AvgIpc) is 2.94. The third-order valence-electron chi connectivity index (χ3n) is 3.02. The van der Waals surface area contributed by atoms with E-state index in [4.69, 9.17) is 9.52 Å². The molecule has 1 aliphatic rings. The number of carboxylic acid groups (broad SMARTS) is 1. The van der Waals surface area contributed by atoms with Gasteiger partial charge in [0.2, 0.25) is 17.6 Å². The van der Waals surface area contributed by atoms with Crippen LogP contribution in [0.15, 0.2) is 16.5 Å². The van der Waals surface area contributed by atoms with Gasteiger partial charge in [0.05, 0.1) is 12.5 Å². The maximum atomic E-state index is 11.8. The second kappa shape index (κ2) is 5.13. The first-order valence-corrected chi connectivity index (χ1v) is 5.81. The van der Waals surface area contributed by atoms with Crippen molar-refractivity contribution < 1.29 is 23.9 Å². The summed E-state index contributed by atoms with van der Waals surface area (Å²) in [6, 6.07) is 2.83. The molecule has 0 aromatic carbocycles. The van der Waals surface area contributed by atoms with E-state index in [0.29, 0.717) is 12.3 Å². The van der Waals surface area contributed by atoms with Crippen LogP contribution in [-0.2, 0) is 16.1 Å². The molecule has 0 unspecified atom stereocenters. The molecule has 0 aliphatic carbocycles. The number of likely N-dealkylation sites (tertiary alicyclic amines) is 1. The monoisotopic (exact) mass is 266 g/mol. The van der Waals surface area contributed by atoms with Crippen LogP contribution < -0.4 is 5.32 Å². The van der Waals surface area contributed by atoms with Gasteiger partial charge in [0.25, 0.3) is 0 Å². The largest absolute Gasteiger partial charge is 0.475 e. The highest BCUT2D eigenvalue weighted by molar-refractivity contribution is 5.89. The van der Waals surface area contributed by atoms with Gasteiger partial charge in [-0.05, 0) is 12.1 Å². The highest BCUT2D eigenvalue weighted by Crippen LogP contribution is 2.16. The van der Waals surface area contributed by atoms with Crippen LogP contribution >= 0.6 is 0 Å². The smallest absolute Gasteiger partial charge is 0.371 e. The van der Waals surface area contributed by atoms with Gasteiger partial charge in [-0.3, -0.25) is 9.59 Å². The van der Waals surface area contributed by atoms with E-state index in [0.717, 1.165) is 0 Å². The molecular weight excluding hydrogens is 252 g/mol. The average molecular weight is 266 g/mol. The lowest BCUT2D eigenvalue weighted by Crippen LogP contribution is -2.31. The van der Waals surface area contributed by atoms with E-state index in [-0.39, 0.29) is 36.5 Å². The fourth-order valence-electron chi connectivity index (χ4n) is 1.95. The molecule has 2 heterocycles. The van der Waals surface area contributed by atoms with Gasteiger partial charge in [-0.1, -0.05) is 0 Å². The molecule has 1 aliphatic heterocycles. The first-order valence-electron chi connectivity index (χ1n) is 5.81. The summed E-state index contributed by atoms with van der Waals surface area (Å²) in [6.07, 6.45) is 0.209. The van der Waals surface area contributed by atoms with Crippen molar-refractivity contribution in [3.8, 4) is 0 Å². The Hall–Kier alpha value is -2.31. The number of nitrogens with zero attached hydrogens (tertiary/aromatic N) is 1. The van der Waals surface area contributed by atoms with Crippen LogP contribution in [-0.4, -0.2) is 41.4 Å². The summed E-state index contributed by atoms with van der Waals surface area (Å²) in [5.74, 6) is -1.59. The Bertz CT molecular complexity index is 522. The number of amides is 2. The maximum absolute atomic E-state index is 11.8. The zero-order chi connectivity index (χ0) is 14.0. The van der Waals surface area contributed by atoms with Crippen molar-refractivity contribution >= 4 is 17.8 Å². The molecule has 1 aromatic heterocycles. The molecule has 0 bridgehead atoms. The number of carboxylic acids is 1. The summed E-state index contributed by atoms with van der Waals surface area (Å²) in [6.45, 7) is 0.518. The molecule has 1 aromatic rings. The van der Waals surface area contributed by atoms with E-state index >= 15 is 0 Å². The molecule has 7 heteroatoms. The molecule has 1 atom stereocenters. The predicted octanol–water partition coefficient (Wildman–Crippen LogP) is 0.0723. The summed E-state index contributed by atoms with van der Waals surface area (Å²) in [5.41, 5.74) is 0. The van der Waals surface area contributed by atoms with Crippen molar-refractivity contribution in [2.75, 3.05) is 13.6 Å². The van der Waals surface area contributed by atoms with Gasteiger partial charge in [0.1, 0.15) is 5.76 Å². The summed E-state index contributed by atoms with van der Waals surface area (Å²) in [4.78, 5) is 35.2. The zero-order valence-electron chi connectivity index (χ0n) is 10.4. The van der Waals surface area contributed by atoms with Crippen molar-refractivity contribution in [2.45, 2.75) is 13.0 Å². The fraction of sp³-hybridized carbons (Fsp3) is 0.417. The normalized spacial score (nSPS) is 18.7. The molecule has 0 saturated carbocycles. The molecule has 7 nitrogen and oxygen atoms in total. The lowest BCUT2D eigenvalue weighted by atomic mass is 10.1. The summed E-state index contributed by atoms with van der Waals surface area (Å²) in [7, 11) is 1.65. The summed E-state index contributed by atoms with van der Waals surface area (Å²) >= 11 is 0. The number of rotatable bonds is 4. The third-order valence-corrected chi connectivity index (χ3v) is 3.02. The molecule has 0 spiro atoms. The third kappa shape index (κ3) is 2.93. The molecule has 2 N–H and O–H groups in total. The molecule has 1 saturated heterocycles. The Balaban J connectivity index is 1.86. The molecule has 1 fully saturated rings. The fourth-order valence-corrected chi connectivity index (χ4v) is 1.95. The zero-order valence-corrected chi connectivity index (χ0v) is 10.4. The SMILES string of the molecule is CN1C[C@H](C(=O)NCc2ccc(C(=O)O)o2)CC1=O. The minimum absolute atomic E-state index is 0.0497. The number of hydrogen-bond donors (Lipinski definition) is 2. The van der Waals surface area contributed by atoms with E-state index in [1.165, 1.54) is 17.0 Å². The van der Waals surface area contributed by atoms with Crippen molar-refractivity contribution in [3.63, 3.8) is 0 Å². The lowest BCUT2D eigenvalue weighted by molar-refractivity contribution is -0.128. The van der Waals surface area contributed by atoms with Crippen molar-refractivity contribution in [1.82, 2.24) is 10.2 Å². The molecule has 2 rings (SSSR count). The van der Waals surface area contributed by atoms with Crippen LogP contribution in [0, 0.1) is 5.92 Å². The predicted molar refractivity (Wildman–Crippen MR) is 63.3 cm³/mol. The van der Waals surface area contributed by atoms with Crippen molar-refractivity contribution in [2.24, 2.45) is 5.92 Å². The number of nitrogens with one attached hydrogen (secondary N) is 1. The Kier molecular flexibility index (Phi) is 3.55. The van der Waals surface area contributed by atoms with Gasteiger partial charge >= 0.3 is 5.97 Å². The quantitative estimate of drug-likeness (QED) is 0.803. The standard InChI is InChI=1S/C12H14N2O5/c1-14-6-7(4-10(14)15)11(16)13-5-8-2-3-9(19-8)12(17)18/h2-3,7H,4-6H2,1H3,(H,13,16)(H,17,18)/t7-/m1/s1. The topological polar surface area (TPSA) is 99.8 Å². The number of carbonyl (C=O) groups excluding carboxylic acids is 2. The first-order chi connectivity index (χ1) is 8.97. The molecule has 19 heavy (non-hydrogen) atoms. The molecule has 102 valence electrons. The number of furan rings is 1. The highest BCUT2D eigenvalue weighted by atomic mass is 16.4. The van der Waals surface area contributed by atoms with E-state index in [2.05, 4.69) is 5.32 Å². The van der Waals surface area contributed by atoms with Crippen molar-refractivity contribution in [3.05, 3.63) is 23.7 Å². The Labute approximate surface area is 109 Å². The lowest BCUT2D eigenvalue weighted by Gasteiger charge is -2.10. The van der Waals surface area contributed by atoms with Gasteiger partial charge in [0.15, 0.2) is 0 Å². The van der Waals surface area contributed by atoms with Gasteiger partial charge in [-0.15, -0.1) is 0 Å². The summed E-state index contributed by atoms with van der Waals surface area (Å²) in [5, 5.41) is 11.3. The maximum Gasteiger partial charge on any atom is 0.371 e. The molecule has 0 radical (unpaired) electrons. The highest BCUT2D eigenvalue weighted by Gasteiger charge is 2.31. The van der Waals surface area contributed by atoms with Gasteiger partial charge in [-0.25, -0.2) is 4.79 Å². The van der Waals surface area contributed by atoms with Crippen LogP contribution in [0.5, 0.6) is 0 Å². The van der Waals surface area contributed by atoms with E-state index in [9.17, 15) is 14.4 Å².